The minimum atomic E-state index is 0.812. The van der Waals surface area contributed by atoms with Crippen molar-refractivity contribution < 1.29 is 4.52 Å². The normalized spacial score (nSPS) is 11.3. The van der Waals surface area contributed by atoms with Crippen molar-refractivity contribution in [1.82, 2.24) is 20.1 Å². The molecule has 4 aromatic rings. The molecule has 0 saturated carbocycles. The van der Waals surface area contributed by atoms with Crippen LogP contribution >= 0.6 is 0 Å². The van der Waals surface area contributed by atoms with Crippen LogP contribution in [0.4, 0.5) is 0 Å². The van der Waals surface area contributed by atoms with Gasteiger partial charge in [-0.25, -0.2) is 4.98 Å². The van der Waals surface area contributed by atoms with E-state index in [-0.39, 0.29) is 0 Å². The van der Waals surface area contributed by atoms with Crippen LogP contribution in [0.15, 0.2) is 35.0 Å². The Hall–Kier alpha value is -2.95. The number of fused-ring (bicyclic) bond motifs is 1. The minimum absolute atomic E-state index is 0.812. The lowest BCUT2D eigenvalue weighted by Gasteiger charge is -2.09. The van der Waals surface area contributed by atoms with Gasteiger partial charge in [-0.2, -0.15) is 0 Å². The van der Waals surface area contributed by atoms with Crippen LogP contribution in [-0.4, -0.2) is 20.1 Å². The van der Waals surface area contributed by atoms with Gasteiger partial charge in [-0.15, -0.1) is 0 Å². The van der Waals surface area contributed by atoms with E-state index in [1.165, 1.54) is 0 Å². The lowest BCUT2D eigenvalue weighted by atomic mass is 9.97. The van der Waals surface area contributed by atoms with E-state index >= 15 is 0 Å². The zero-order chi connectivity index (χ0) is 16.8. The number of hydrogen-bond acceptors (Lipinski definition) is 4. The van der Waals surface area contributed by atoms with E-state index in [1.54, 1.807) is 0 Å². The number of aryl methyl sites for hydroxylation is 4. The second-order valence-corrected chi connectivity index (χ2v) is 6.11. The monoisotopic (exact) mass is 318 g/mol. The number of rotatable bonds is 2. The van der Waals surface area contributed by atoms with Crippen molar-refractivity contribution in [1.29, 1.82) is 0 Å². The molecule has 0 aliphatic rings. The number of benzene rings is 1. The van der Waals surface area contributed by atoms with Crippen molar-refractivity contribution in [2.24, 2.45) is 0 Å². The third kappa shape index (κ3) is 2.21. The van der Waals surface area contributed by atoms with Crippen LogP contribution in [0.1, 0.15) is 22.8 Å². The molecule has 0 spiro atoms. The quantitative estimate of drug-likeness (QED) is 0.590. The third-order valence-corrected chi connectivity index (χ3v) is 4.29. The Balaban J connectivity index is 2.07. The van der Waals surface area contributed by atoms with Gasteiger partial charge in [-0.05, 0) is 57.0 Å². The summed E-state index contributed by atoms with van der Waals surface area (Å²) in [7, 11) is 0. The zero-order valence-electron chi connectivity index (χ0n) is 14.1. The van der Waals surface area contributed by atoms with Crippen LogP contribution in [-0.2, 0) is 0 Å². The summed E-state index contributed by atoms with van der Waals surface area (Å²) in [6.45, 7) is 7.92. The fourth-order valence-electron chi connectivity index (χ4n) is 3.23. The lowest BCUT2D eigenvalue weighted by Crippen LogP contribution is -1.91. The predicted molar refractivity (Wildman–Crippen MR) is 93.8 cm³/mol. The molecule has 0 bridgehead atoms. The average molecular weight is 318 g/mol. The van der Waals surface area contributed by atoms with Gasteiger partial charge in [0.15, 0.2) is 0 Å². The van der Waals surface area contributed by atoms with Gasteiger partial charge in [-0.3, -0.25) is 4.98 Å². The van der Waals surface area contributed by atoms with Gasteiger partial charge in [0.1, 0.15) is 11.6 Å². The summed E-state index contributed by atoms with van der Waals surface area (Å²) >= 11 is 0. The third-order valence-electron chi connectivity index (χ3n) is 4.29. The SMILES string of the molecule is Cc1nc2c(-c3ncccc3C)cc(-c3c(C)noc3C)cc2[nH]1. The average Bonchev–Trinajstić information content (AvgIpc) is 3.08. The zero-order valence-corrected chi connectivity index (χ0v) is 14.1. The van der Waals surface area contributed by atoms with Crippen LogP contribution in [0.5, 0.6) is 0 Å². The van der Waals surface area contributed by atoms with Gasteiger partial charge in [0.25, 0.3) is 0 Å². The van der Waals surface area contributed by atoms with Gasteiger partial charge >= 0.3 is 0 Å². The first-order valence-corrected chi connectivity index (χ1v) is 7.90. The smallest absolute Gasteiger partial charge is 0.141 e. The maximum atomic E-state index is 5.34. The van der Waals surface area contributed by atoms with Crippen molar-refractivity contribution in [3.63, 3.8) is 0 Å². The molecule has 0 fully saturated rings. The van der Waals surface area contributed by atoms with Gasteiger partial charge in [0.2, 0.25) is 0 Å². The predicted octanol–water partition coefficient (Wildman–Crippen LogP) is 4.51. The summed E-state index contributed by atoms with van der Waals surface area (Å²) in [5, 5.41) is 4.08. The second-order valence-electron chi connectivity index (χ2n) is 6.11. The van der Waals surface area contributed by atoms with Crippen LogP contribution < -0.4 is 0 Å². The molecule has 4 rings (SSSR count). The highest BCUT2D eigenvalue weighted by Crippen LogP contribution is 2.35. The number of nitrogens with zero attached hydrogens (tertiary/aromatic N) is 3. The van der Waals surface area contributed by atoms with E-state index in [0.717, 1.165) is 56.3 Å². The van der Waals surface area contributed by atoms with Crippen molar-refractivity contribution in [2.75, 3.05) is 0 Å². The maximum Gasteiger partial charge on any atom is 0.141 e. The van der Waals surface area contributed by atoms with Gasteiger partial charge < -0.3 is 9.51 Å². The summed E-state index contributed by atoms with van der Waals surface area (Å²) in [5.41, 5.74) is 7.98. The largest absolute Gasteiger partial charge is 0.361 e. The summed E-state index contributed by atoms with van der Waals surface area (Å²) in [6, 6.07) is 8.24. The standard InChI is InChI=1S/C19H18N4O/c1-10-6-5-7-20-18(10)15-8-14(17-11(2)23-24-12(17)3)9-16-19(15)22-13(4)21-16/h5-9H,1-4H3,(H,21,22). The first kappa shape index (κ1) is 14.6. The van der Waals surface area contributed by atoms with Crippen molar-refractivity contribution >= 4 is 11.0 Å². The molecule has 3 aromatic heterocycles. The molecule has 0 atom stereocenters. The Bertz CT molecular complexity index is 1040. The first-order chi connectivity index (χ1) is 11.5. The summed E-state index contributed by atoms with van der Waals surface area (Å²) in [4.78, 5) is 12.6. The lowest BCUT2D eigenvalue weighted by molar-refractivity contribution is 0.393. The molecule has 0 unspecified atom stereocenters. The number of aromatic nitrogens is 4. The molecule has 3 heterocycles. The van der Waals surface area contributed by atoms with E-state index in [9.17, 15) is 0 Å². The Labute approximate surface area is 139 Å². The van der Waals surface area contributed by atoms with E-state index in [1.807, 2.05) is 33.0 Å². The molecule has 0 saturated heterocycles. The van der Waals surface area contributed by atoms with Crippen LogP contribution in [0, 0.1) is 27.7 Å². The molecule has 0 aliphatic carbocycles. The molecule has 1 aromatic carbocycles. The summed E-state index contributed by atoms with van der Waals surface area (Å²) in [5.74, 6) is 1.70. The molecular formula is C19H18N4O. The molecule has 1 N–H and O–H groups in total. The van der Waals surface area contributed by atoms with Crippen LogP contribution in [0.3, 0.4) is 0 Å². The van der Waals surface area contributed by atoms with Crippen molar-refractivity contribution in [3.8, 4) is 22.4 Å². The fourth-order valence-corrected chi connectivity index (χ4v) is 3.23. The molecule has 120 valence electrons. The summed E-state index contributed by atoms with van der Waals surface area (Å²) in [6.07, 6.45) is 1.82. The maximum absolute atomic E-state index is 5.34. The van der Waals surface area contributed by atoms with Crippen molar-refractivity contribution in [2.45, 2.75) is 27.7 Å². The van der Waals surface area contributed by atoms with E-state index in [2.05, 4.69) is 45.2 Å². The highest BCUT2D eigenvalue weighted by molar-refractivity contribution is 5.96. The molecule has 0 aliphatic heterocycles. The van der Waals surface area contributed by atoms with Crippen LogP contribution in [0.2, 0.25) is 0 Å². The van der Waals surface area contributed by atoms with E-state index < -0.39 is 0 Å². The Morgan fingerprint density at radius 1 is 1.08 bits per heavy atom. The van der Waals surface area contributed by atoms with Gasteiger partial charge in [0, 0.05) is 17.3 Å². The number of nitrogens with one attached hydrogen (secondary N) is 1. The first-order valence-electron chi connectivity index (χ1n) is 7.90. The molecular weight excluding hydrogens is 300 g/mol. The highest BCUT2D eigenvalue weighted by atomic mass is 16.5. The molecule has 0 amide bonds. The minimum Gasteiger partial charge on any atom is -0.361 e. The molecule has 5 nitrogen and oxygen atoms in total. The van der Waals surface area contributed by atoms with E-state index in [0.29, 0.717) is 0 Å². The Morgan fingerprint density at radius 2 is 1.92 bits per heavy atom. The second kappa shape index (κ2) is 5.30. The topological polar surface area (TPSA) is 67.6 Å². The Kier molecular flexibility index (Phi) is 3.23. The Morgan fingerprint density at radius 3 is 2.62 bits per heavy atom. The number of aromatic amines is 1. The fraction of sp³-hybridized carbons (Fsp3) is 0.211. The van der Waals surface area contributed by atoms with Crippen LogP contribution in [0.25, 0.3) is 33.4 Å². The number of pyridine rings is 1. The number of H-pyrrole nitrogens is 1. The molecule has 5 heteroatoms. The van der Waals surface area contributed by atoms with E-state index in [4.69, 9.17) is 4.52 Å². The van der Waals surface area contributed by atoms with Crippen molar-refractivity contribution in [3.05, 3.63) is 53.3 Å². The summed E-state index contributed by atoms with van der Waals surface area (Å²) < 4.78 is 5.34. The number of imidazole rings is 1. The highest BCUT2D eigenvalue weighted by Gasteiger charge is 2.17. The molecule has 24 heavy (non-hydrogen) atoms. The van der Waals surface area contributed by atoms with Gasteiger partial charge in [-0.1, -0.05) is 11.2 Å². The van der Waals surface area contributed by atoms with Gasteiger partial charge in [0.05, 0.1) is 22.4 Å². The number of hydrogen-bond donors (Lipinski definition) is 1. The molecule has 0 radical (unpaired) electrons.